The highest BCUT2D eigenvalue weighted by molar-refractivity contribution is 6.38. The molecule has 4 nitrogen and oxygen atoms in total. The average molecular weight is 228 g/mol. The molecule has 16 heavy (non-hydrogen) atoms. The van der Waals surface area contributed by atoms with Gasteiger partial charge < -0.3 is 10.6 Å². The van der Waals surface area contributed by atoms with Crippen molar-refractivity contribution in [3.63, 3.8) is 0 Å². The fraction of sp³-hybridized carbons (Fsp3) is 0.833. The van der Waals surface area contributed by atoms with Crippen LogP contribution in [0.2, 0.25) is 0 Å². The van der Waals surface area contributed by atoms with Gasteiger partial charge in [0.05, 0.1) is 6.04 Å². The first kappa shape index (κ1) is 15.1. The number of carbonyl (C=O) groups is 2. The summed E-state index contributed by atoms with van der Waals surface area (Å²) in [7, 11) is 0. The second-order valence-corrected chi connectivity index (χ2v) is 4.96. The average Bonchev–Trinajstić information content (AvgIpc) is 2.14. The number of ketones is 1. The third kappa shape index (κ3) is 5.85. The SMILES string of the molecule is CCCC(NC(C)(C)C)C(=O)C(=O)NCC. The van der Waals surface area contributed by atoms with Crippen LogP contribution in [-0.2, 0) is 9.59 Å². The Morgan fingerprint density at radius 1 is 1.19 bits per heavy atom. The highest BCUT2D eigenvalue weighted by Crippen LogP contribution is 2.06. The monoisotopic (exact) mass is 228 g/mol. The van der Waals surface area contributed by atoms with Crippen LogP contribution >= 0.6 is 0 Å². The maximum absolute atomic E-state index is 11.8. The topological polar surface area (TPSA) is 58.2 Å². The molecule has 0 heterocycles. The van der Waals surface area contributed by atoms with Crippen LogP contribution in [0.3, 0.4) is 0 Å². The highest BCUT2D eigenvalue weighted by Gasteiger charge is 2.27. The third-order valence-electron chi connectivity index (χ3n) is 2.06. The minimum absolute atomic E-state index is 0.165. The molecule has 0 aliphatic rings. The molecule has 0 aromatic rings. The molecule has 0 saturated carbocycles. The van der Waals surface area contributed by atoms with E-state index in [1.54, 1.807) is 6.92 Å². The van der Waals surface area contributed by atoms with E-state index in [9.17, 15) is 9.59 Å². The minimum atomic E-state index is -0.488. The van der Waals surface area contributed by atoms with Gasteiger partial charge in [0, 0.05) is 12.1 Å². The first-order chi connectivity index (χ1) is 7.31. The number of likely N-dealkylation sites (N-methyl/N-ethyl adjacent to an activating group) is 1. The van der Waals surface area contributed by atoms with Crippen LogP contribution in [0.15, 0.2) is 0 Å². The van der Waals surface area contributed by atoms with E-state index in [1.165, 1.54) is 0 Å². The van der Waals surface area contributed by atoms with Gasteiger partial charge >= 0.3 is 0 Å². The Bertz CT molecular complexity index is 244. The van der Waals surface area contributed by atoms with Gasteiger partial charge in [0.2, 0.25) is 5.78 Å². The molecule has 0 spiro atoms. The first-order valence-electron chi connectivity index (χ1n) is 5.91. The molecular weight excluding hydrogens is 204 g/mol. The molecule has 0 bridgehead atoms. The van der Waals surface area contributed by atoms with Crippen molar-refractivity contribution < 1.29 is 9.59 Å². The van der Waals surface area contributed by atoms with Crippen LogP contribution in [-0.4, -0.2) is 29.8 Å². The molecule has 0 saturated heterocycles. The van der Waals surface area contributed by atoms with Crippen LogP contribution in [0.25, 0.3) is 0 Å². The van der Waals surface area contributed by atoms with Crippen LogP contribution in [0.1, 0.15) is 47.5 Å². The van der Waals surface area contributed by atoms with Crippen LogP contribution in [0.4, 0.5) is 0 Å². The molecule has 0 aromatic heterocycles. The second-order valence-electron chi connectivity index (χ2n) is 4.96. The zero-order chi connectivity index (χ0) is 12.8. The second kappa shape index (κ2) is 6.63. The third-order valence-corrected chi connectivity index (χ3v) is 2.06. The van der Waals surface area contributed by atoms with Crippen molar-refractivity contribution >= 4 is 11.7 Å². The zero-order valence-electron chi connectivity index (χ0n) is 11.0. The van der Waals surface area contributed by atoms with Gasteiger partial charge in [-0.05, 0) is 34.1 Å². The molecule has 0 rings (SSSR count). The summed E-state index contributed by atoms with van der Waals surface area (Å²) < 4.78 is 0. The number of nitrogens with one attached hydrogen (secondary N) is 2. The Morgan fingerprint density at radius 3 is 2.12 bits per heavy atom. The number of hydrogen-bond donors (Lipinski definition) is 2. The van der Waals surface area contributed by atoms with Gasteiger partial charge in [0.15, 0.2) is 0 Å². The Balaban J connectivity index is 4.52. The Hall–Kier alpha value is -0.900. The largest absolute Gasteiger partial charge is 0.350 e. The van der Waals surface area contributed by atoms with Crippen molar-refractivity contribution in [2.75, 3.05) is 6.54 Å². The molecule has 0 aliphatic heterocycles. The molecule has 0 fully saturated rings. The Labute approximate surface area is 98.2 Å². The summed E-state index contributed by atoms with van der Waals surface area (Å²) in [4.78, 5) is 23.3. The van der Waals surface area contributed by atoms with Gasteiger partial charge in [-0.25, -0.2) is 0 Å². The molecule has 0 aromatic carbocycles. The summed E-state index contributed by atoms with van der Waals surface area (Å²) in [6.45, 7) is 10.3. The summed E-state index contributed by atoms with van der Waals surface area (Å²) >= 11 is 0. The first-order valence-corrected chi connectivity index (χ1v) is 5.91. The van der Waals surface area contributed by atoms with E-state index >= 15 is 0 Å². The molecule has 0 radical (unpaired) electrons. The summed E-state index contributed by atoms with van der Waals surface area (Å²) in [6.07, 6.45) is 1.56. The summed E-state index contributed by atoms with van der Waals surface area (Å²) in [5, 5.41) is 5.73. The van der Waals surface area contributed by atoms with E-state index in [0.717, 1.165) is 6.42 Å². The molecule has 0 aliphatic carbocycles. The van der Waals surface area contributed by atoms with E-state index in [2.05, 4.69) is 10.6 Å². The standard InChI is InChI=1S/C12H24N2O2/c1-6-8-9(14-12(3,4)5)10(15)11(16)13-7-2/h9,14H,6-8H2,1-5H3,(H,13,16). The van der Waals surface area contributed by atoms with Crippen molar-refractivity contribution in [3.05, 3.63) is 0 Å². The number of Topliss-reactive ketones (excluding diaryl/α,β-unsaturated/α-hetero) is 1. The van der Waals surface area contributed by atoms with Crippen molar-refractivity contribution in [1.82, 2.24) is 10.6 Å². The summed E-state index contributed by atoms with van der Waals surface area (Å²) in [5.41, 5.74) is -0.165. The smallest absolute Gasteiger partial charge is 0.289 e. The maximum atomic E-state index is 11.8. The van der Waals surface area contributed by atoms with Gasteiger partial charge in [-0.1, -0.05) is 13.3 Å². The van der Waals surface area contributed by atoms with E-state index in [-0.39, 0.29) is 17.4 Å². The molecule has 1 unspecified atom stereocenters. The van der Waals surface area contributed by atoms with Crippen LogP contribution in [0, 0.1) is 0 Å². The van der Waals surface area contributed by atoms with Gasteiger partial charge in [0.25, 0.3) is 5.91 Å². The molecule has 94 valence electrons. The van der Waals surface area contributed by atoms with E-state index in [4.69, 9.17) is 0 Å². The maximum Gasteiger partial charge on any atom is 0.289 e. The van der Waals surface area contributed by atoms with Crippen molar-refractivity contribution in [1.29, 1.82) is 0 Å². The van der Waals surface area contributed by atoms with Gasteiger partial charge in [-0.3, -0.25) is 9.59 Å². The van der Waals surface area contributed by atoms with Crippen LogP contribution < -0.4 is 10.6 Å². The van der Waals surface area contributed by atoms with Gasteiger partial charge in [-0.15, -0.1) is 0 Å². The minimum Gasteiger partial charge on any atom is -0.350 e. The van der Waals surface area contributed by atoms with E-state index < -0.39 is 5.91 Å². The molecular formula is C12H24N2O2. The zero-order valence-corrected chi connectivity index (χ0v) is 11.0. The normalized spacial score (nSPS) is 13.3. The van der Waals surface area contributed by atoms with Gasteiger partial charge in [0.1, 0.15) is 0 Å². The Kier molecular flexibility index (Phi) is 6.26. The summed E-state index contributed by atoms with van der Waals surface area (Å²) in [5.74, 6) is -0.851. The fourth-order valence-electron chi connectivity index (χ4n) is 1.49. The highest BCUT2D eigenvalue weighted by atomic mass is 16.2. The molecule has 2 N–H and O–H groups in total. The van der Waals surface area contributed by atoms with Crippen LogP contribution in [0.5, 0.6) is 0 Å². The lowest BCUT2D eigenvalue weighted by Gasteiger charge is -2.27. The lowest BCUT2D eigenvalue weighted by molar-refractivity contribution is -0.139. The number of hydrogen-bond acceptors (Lipinski definition) is 3. The van der Waals surface area contributed by atoms with Crippen molar-refractivity contribution in [2.45, 2.75) is 59.0 Å². The van der Waals surface area contributed by atoms with E-state index in [0.29, 0.717) is 13.0 Å². The predicted octanol–water partition coefficient (Wildman–Crippen LogP) is 1.25. The van der Waals surface area contributed by atoms with Crippen molar-refractivity contribution in [3.8, 4) is 0 Å². The number of rotatable bonds is 6. The number of amides is 1. The predicted molar refractivity (Wildman–Crippen MR) is 65.3 cm³/mol. The number of carbonyl (C=O) groups excluding carboxylic acids is 2. The molecule has 1 atom stereocenters. The molecule has 4 heteroatoms. The Morgan fingerprint density at radius 2 is 1.75 bits per heavy atom. The van der Waals surface area contributed by atoms with Crippen molar-refractivity contribution in [2.24, 2.45) is 0 Å². The van der Waals surface area contributed by atoms with Gasteiger partial charge in [-0.2, -0.15) is 0 Å². The quantitative estimate of drug-likeness (QED) is 0.673. The molecule has 1 amide bonds. The fourth-order valence-corrected chi connectivity index (χ4v) is 1.49. The lowest BCUT2D eigenvalue weighted by atomic mass is 10.0. The van der Waals surface area contributed by atoms with E-state index in [1.807, 2.05) is 27.7 Å². The summed E-state index contributed by atoms with van der Waals surface area (Å²) in [6, 6.07) is -0.378. The lowest BCUT2D eigenvalue weighted by Crippen LogP contribution is -2.51.